The Kier molecular flexibility index (Phi) is 4.02. The Bertz CT molecular complexity index is 1210. The zero-order valence-corrected chi connectivity index (χ0v) is 16.2. The summed E-state index contributed by atoms with van der Waals surface area (Å²) in [6.45, 7) is 1.84. The Morgan fingerprint density at radius 2 is 2.03 bits per heavy atom. The average molecular weight is 391 g/mol. The van der Waals surface area contributed by atoms with Gasteiger partial charge in [-0.25, -0.2) is 9.97 Å². The van der Waals surface area contributed by atoms with Gasteiger partial charge in [-0.05, 0) is 30.3 Å². The molecular formula is C21H21N5O3. The van der Waals surface area contributed by atoms with Crippen LogP contribution in [0.15, 0.2) is 42.7 Å². The lowest BCUT2D eigenvalue weighted by atomic mass is 10.1. The van der Waals surface area contributed by atoms with Gasteiger partial charge < -0.3 is 19.7 Å². The lowest BCUT2D eigenvalue weighted by Crippen LogP contribution is -2.30. The number of rotatable bonds is 3. The van der Waals surface area contributed by atoms with Crippen molar-refractivity contribution in [3.05, 3.63) is 48.5 Å². The molecule has 3 aromatic heterocycles. The number of H-pyrrole nitrogens is 1. The van der Waals surface area contributed by atoms with Gasteiger partial charge in [0, 0.05) is 31.6 Å². The second-order valence-corrected chi connectivity index (χ2v) is 7.31. The Morgan fingerprint density at radius 1 is 1.24 bits per heavy atom. The number of amides is 1. The highest BCUT2D eigenvalue weighted by Gasteiger charge is 2.37. The third-order valence-corrected chi connectivity index (χ3v) is 5.54. The Balaban J connectivity index is 1.76. The molecule has 1 saturated heterocycles. The van der Waals surface area contributed by atoms with Gasteiger partial charge in [-0.15, -0.1) is 0 Å². The number of nitrogens with zero attached hydrogens (tertiary/aromatic N) is 4. The summed E-state index contributed by atoms with van der Waals surface area (Å²) in [4.78, 5) is 26.5. The molecule has 5 rings (SSSR count). The fourth-order valence-electron chi connectivity index (χ4n) is 4.18. The number of aliphatic hydroxyl groups is 1. The van der Waals surface area contributed by atoms with E-state index in [9.17, 15) is 9.90 Å². The smallest absolute Gasteiger partial charge is 0.220 e. The van der Waals surface area contributed by atoms with E-state index in [0.717, 1.165) is 39.5 Å². The SMILES string of the molecule is COc1ccc(-c2nc(C3CC(O)CN3C(C)=O)n3c2cnc2[nH]ccc23)cc1. The van der Waals surface area contributed by atoms with Gasteiger partial charge in [0.1, 0.15) is 11.6 Å². The highest BCUT2D eigenvalue weighted by atomic mass is 16.5. The Hall–Kier alpha value is -3.39. The number of ether oxygens (including phenoxy) is 1. The van der Waals surface area contributed by atoms with Gasteiger partial charge >= 0.3 is 0 Å². The van der Waals surface area contributed by atoms with Crippen molar-refractivity contribution in [3.63, 3.8) is 0 Å². The van der Waals surface area contributed by atoms with Crippen LogP contribution in [0, 0.1) is 0 Å². The number of aliphatic hydroxyl groups excluding tert-OH is 1. The van der Waals surface area contributed by atoms with Crippen molar-refractivity contribution >= 4 is 22.6 Å². The summed E-state index contributed by atoms with van der Waals surface area (Å²) < 4.78 is 7.30. The van der Waals surface area contributed by atoms with Crippen LogP contribution in [0.4, 0.5) is 0 Å². The van der Waals surface area contributed by atoms with Crippen LogP contribution in [0.1, 0.15) is 25.2 Å². The van der Waals surface area contributed by atoms with Crippen molar-refractivity contribution in [3.8, 4) is 17.0 Å². The van der Waals surface area contributed by atoms with E-state index in [2.05, 4.69) is 9.97 Å². The molecule has 4 aromatic rings. The number of benzene rings is 1. The molecule has 1 aliphatic heterocycles. The number of aromatic amines is 1. The first-order valence-corrected chi connectivity index (χ1v) is 9.51. The molecule has 0 bridgehead atoms. The zero-order valence-electron chi connectivity index (χ0n) is 16.2. The minimum absolute atomic E-state index is 0.0753. The topological polar surface area (TPSA) is 95.8 Å². The van der Waals surface area contributed by atoms with E-state index in [1.165, 1.54) is 6.92 Å². The summed E-state index contributed by atoms with van der Waals surface area (Å²) in [6, 6.07) is 9.34. The number of nitrogens with one attached hydrogen (secondary N) is 1. The first-order chi connectivity index (χ1) is 14.1. The van der Waals surface area contributed by atoms with E-state index in [1.54, 1.807) is 18.2 Å². The summed E-state index contributed by atoms with van der Waals surface area (Å²) in [5.41, 5.74) is 4.18. The molecule has 4 heterocycles. The van der Waals surface area contributed by atoms with Gasteiger partial charge in [-0.3, -0.25) is 9.20 Å². The highest BCUT2D eigenvalue weighted by Crippen LogP contribution is 2.36. The molecule has 0 saturated carbocycles. The molecule has 29 heavy (non-hydrogen) atoms. The summed E-state index contributed by atoms with van der Waals surface area (Å²) in [5, 5.41) is 10.2. The normalized spacial score (nSPS) is 19.3. The number of imidazole rings is 1. The first kappa shape index (κ1) is 17.7. The summed E-state index contributed by atoms with van der Waals surface area (Å²) in [7, 11) is 1.63. The number of aromatic nitrogens is 4. The maximum Gasteiger partial charge on any atom is 0.220 e. The number of methoxy groups -OCH3 is 1. The number of β-amino-alcohol motifs (C(OH)–C–C–N with tert-alkyl or cyclic N) is 1. The molecule has 8 heteroatoms. The van der Waals surface area contributed by atoms with Crippen molar-refractivity contribution in [2.24, 2.45) is 0 Å². The van der Waals surface area contributed by atoms with Crippen LogP contribution >= 0.6 is 0 Å². The number of carbonyl (C=O) groups is 1. The van der Waals surface area contributed by atoms with Crippen LogP contribution in [-0.4, -0.2) is 55.0 Å². The van der Waals surface area contributed by atoms with Crippen molar-refractivity contribution in [1.29, 1.82) is 0 Å². The van der Waals surface area contributed by atoms with E-state index in [4.69, 9.17) is 9.72 Å². The summed E-state index contributed by atoms with van der Waals surface area (Å²) in [6.07, 6.45) is 3.51. The van der Waals surface area contributed by atoms with Gasteiger partial charge in [-0.2, -0.15) is 0 Å². The fourth-order valence-corrected chi connectivity index (χ4v) is 4.18. The van der Waals surface area contributed by atoms with E-state index >= 15 is 0 Å². The zero-order chi connectivity index (χ0) is 20.1. The van der Waals surface area contributed by atoms with Crippen LogP contribution in [0.3, 0.4) is 0 Å². The predicted molar refractivity (Wildman–Crippen MR) is 108 cm³/mol. The lowest BCUT2D eigenvalue weighted by Gasteiger charge is -2.22. The van der Waals surface area contributed by atoms with E-state index in [0.29, 0.717) is 13.0 Å². The van der Waals surface area contributed by atoms with Crippen molar-refractivity contribution in [1.82, 2.24) is 24.3 Å². The fraction of sp³-hybridized carbons (Fsp3) is 0.286. The number of likely N-dealkylation sites (tertiary alicyclic amines) is 1. The third-order valence-electron chi connectivity index (χ3n) is 5.54. The molecule has 0 aliphatic carbocycles. The minimum Gasteiger partial charge on any atom is -0.497 e. The van der Waals surface area contributed by atoms with Crippen LogP contribution in [-0.2, 0) is 4.79 Å². The Labute approximate surface area is 166 Å². The largest absolute Gasteiger partial charge is 0.497 e. The predicted octanol–water partition coefficient (Wildman–Crippen LogP) is 2.54. The van der Waals surface area contributed by atoms with Crippen molar-refractivity contribution in [2.45, 2.75) is 25.5 Å². The number of fused-ring (bicyclic) bond motifs is 3. The quantitative estimate of drug-likeness (QED) is 0.560. The maximum atomic E-state index is 12.2. The first-order valence-electron chi connectivity index (χ1n) is 9.51. The standard InChI is InChI=1S/C21H21N5O3/c1-12(27)25-11-14(28)9-17(25)21-24-19(13-3-5-15(29-2)6-4-13)18-10-23-20-16(26(18)21)7-8-22-20/h3-8,10,14,17,22,28H,9,11H2,1-2H3. The van der Waals surface area contributed by atoms with E-state index in [-0.39, 0.29) is 11.9 Å². The van der Waals surface area contributed by atoms with Crippen LogP contribution in [0.5, 0.6) is 5.75 Å². The maximum absolute atomic E-state index is 12.2. The van der Waals surface area contributed by atoms with E-state index < -0.39 is 6.10 Å². The van der Waals surface area contributed by atoms with Crippen molar-refractivity contribution in [2.75, 3.05) is 13.7 Å². The van der Waals surface area contributed by atoms with Crippen molar-refractivity contribution < 1.29 is 14.6 Å². The lowest BCUT2D eigenvalue weighted by molar-refractivity contribution is -0.130. The molecule has 2 N–H and O–H groups in total. The molecule has 0 spiro atoms. The van der Waals surface area contributed by atoms with Crippen LogP contribution in [0.25, 0.3) is 27.9 Å². The second-order valence-electron chi connectivity index (χ2n) is 7.31. The van der Waals surface area contributed by atoms with E-state index in [1.807, 2.05) is 40.9 Å². The second kappa shape index (κ2) is 6.59. The monoisotopic (exact) mass is 391 g/mol. The van der Waals surface area contributed by atoms with Gasteiger partial charge in [0.05, 0.1) is 42.2 Å². The number of hydrogen-bond donors (Lipinski definition) is 2. The molecule has 8 nitrogen and oxygen atoms in total. The summed E-state index contributed by atoms with van der Waals surface area (Å²) in [5.74, 6) is 1.42. The average Bonchev–Trinajstić information content (AvgIpc) is 3.43. The van der Waals surface area contributed by atoms with Gasteiger partial charge in [0.15, 0.2) is 5.65 Å². The highest BCUT2D eigenvalue weighted by molar-refractivity contribution is 5.84. The molecule has 1 aromatic carbocycles. The number of carbonyl (C=O) groups excluding carboxylic acids is 1. The third kappa shape index (κ3) is 2.75. The molecule has 2 unspecified atom stereocenters. The number of hydrogen-bond acceptors (Lipinski definition) is 5. The Morgan fingerprint density at radius 3 is 2.76 bits per heavy atom. The van der Waals surface area contributed by atoms with Gasteiger partial charge in [0.25, 0.3) is 0 Å². The molecular weight excluding hydrogens is 370 g/mol. The molecule has 0 radical (unpaired) electrons. The molecule has 2 atom stereocenters. The molecule has 148 valence electrons. The summed E-state index contributed by atoms with van der Waals surface area (Å²) >= 11 is 0. The van der Waals surface area contributed by atoms with Gasteiger partial charge in [0.2, 0.25) is 5.91 Å². The molecule has 1 amide bonds. The molecule has 1 aliphatic rings. The van der Waals surface area contributed by atoms with Crippen LogP contribution < -0.4 is 4.74 Å². The van der Waals surface area contributed by atoms with Gasteiger partial charge in [-0.1, -0.05) is 0 Å². The molecule has 1 fully saturated rings. The van der Waals surface area contributed by atoms with Crippen LogP contribution in [0.2, 0.25) is 0 Å². The minimum atomic E-state index is -0.566.